The van der Waals surface area contributed by atoms with Crippen molar-refractivity contribution in [1.82, 2.24) is 14.5 Å². The molecule has 0 atom stereocenters. The Balaban J connectivity index is 1.77. The van der Waals surface area contributed by atoms with Gasteiger partial charge in [-0.3, -0.25) is 4.57 Å². The van der Waals surface area contributed by atoms with Gasteiger partial charge in [0.1, 0.15) is 28.5 Å². The summed E-state index contributed by atoms with van der Waals surface area (Å²) in [7, 11) is -3.23. The van der Waals surface area contributed by atoms with Crippen molar-refractivity contribution in [2.75, 3.05) is 13.2 Å². The molecule has 0 saturated carbocycles. The van der Waals surface area contributed by atoms with E-state index < -0.39 is 19.2 Å². The van der Waals surface area contributed by atoms with E-state index in [1.165, 1.54) is 6.07 Å². The Morgan fingerprint density at radius 1 is 1.03 bits per heavy atom. The first-order valence-electron chi connectivity index (χ1n) is 11.5. The van der Waals surface area contributed by atoms with Crippen LogP contribution in [0.15, 0.2) is 36.4 Å². The number of nitrogens with zero attached hydrogens (tertiary/aromatic N) is 3. The molecule has 0 aliphatic rings. The van der Waals surface area contributed by atoms with Crippen molar-refractivity contribution in [2.45, 2.75) is 46.3 Å². The molecule has 2 aromatic heterocycles. The average molecular weight is 522 g/mol. The van der Waals surface area contributed by atoms with Crippen molar-refractivity contribution in [3.63, 3.8) is 0 Å². The van der Waals surface area contributed by atoms with Crippen LogP contribution in [-0.2, 0) is 26.3 Å². The van der Waals surface area contributed by atoms with Crippen LogP contribution in [-0.4, -0.2) is 27.7 Å². The minimum Gasteiger partial charge on any atom is -0.332 e. The van der Waals surface area contributed by atoms with Crippen LogP contribution in [0.3, 0.4) is 0 Å². The van der Waals surface area contributed by atoms with Crippen LogP contribution < -0.4 is 0 Å². The highest BCUT2D eigenvalue weighted by molar-refractivity contribution is 7.53. The third kappa shape index (κ3) is 5.26. The van der Waals surface area contributed by atoms with Crippen LogP contribution in [0.5, 0.6) is 0 Å². The standard InChI is InChI=1S/C25H27ClF2N3O3P/c1-5-33-35(32,34-6-2)14-17-9-7-16(8-10-17)13-31-20-12-18(27)11-19(28)21(20)22-23(31)24(26)30-25(29-22)15(3)4/h7-12,15H,5-6,13-14H2,1-4H3. The highest BCUT2D eigenvalue weighted by atomic mass is 35.5. The minimum absolute atomic E-state index is 0.0179. The zero-order valence-electron chi connectivity index (χ0n) is 20.0. The maximum absolute atomic E-state index is 14.9. The van der Waals surface area contributed by atoms with Crippen molar-refractivity contribution >= 4 is 41.1 Å². The van der Waals surface area contributed by atoms with E-state index in [4.69, 9.17) is 20.6 Å². The molecule has 0 amide bonds. The van der Waals surface area contributed by atoms with Crippen LogP contribution in [0.4, 0.5) is 8.78 Å². The van der Waals surface area contributed by atoms with Gasteiger partial charge in [0.2, 0.25) is 0 Å². The molecule has 0 unspecified atom stereocenters. The van der Waals surface area contributed by atoms with Crippen molar-refractivity contribution in [1.29, 1.82) is 0 Å². The van der Waals surface area contributed by atoms with E-state index in [1.54, 1.807) is 18.4 Å². The summed E-state index contributed by atoms with van der Waals surface area (Å²) >= 11 is 6.55. The molecule has 35 heavy (non-hydrogen) atoms. The van der Waals surface area contributed by atoms with Crippen LogP contribution >= 0.6 is 19.2 Å². The summed E-state index contributed by atoms with van der Waals surface area (Å²) < 4.78 is 54.5. The van der Waals surface area contributed by atoms with E-state index in [1.807, 2.05) is 38.1 Å². The number of halogens is 3. The first-order chi connectivity index (χ1) is 16.7. The van der Waals surface area contributed by atoms with Gasteiger partial charge in [0, 0.05) is 18.5 Å². The summed E-state index contributed by atoms with van der Waals surface area (Å²) in [6.45, 7) is 8.24. The first kappa shape index (κ1) is 25.7. The molecule has 0 spiro atoms. The van der Waals surface area contributed by atoms with Crippen molar-refractivity contribution in [3.8, 4) is 0 Å². The lowest BCUT2D eigenvalue weighted by Gasteiger charge is -2.17. The molecule has 10 heteroatoms. The maximum atomic E-state index is 14.9. The highest BCUT2D eigenvalue weighted by Gasteiger charge is 2.25. The zero-order chi connectivity index (χ0) is 25.3. The van der Waals surface area contributed by atoms with Gasteiger partial charge in [-0.1, -0.05) is 49.7 Å². The molecule has 0 saturated heterocycles. The van der Waals surface area contributed by atoms with E-state index in [0.717, 1.165) is 17.2 Å². The summed E-state index contributed by atoms with van der Waals surface area (Å²) in [5.41, 5.74) is 2.78. The summed E-state index contributed by atoms with van der Waals surface area (Å²) in [6, 6.07) is 9.53. The number of fused-ring (bicyclic) bond motifs is 3. The number of hydrogen-bond acceptors (Lipinski definition) is 5. The SMILES string of the molecule is CCOP(=O)(Cc1ccc(Cn2c3cc(F)cc(F)c3c3nc(C(C)C)nc(Cl)c32)cc1)OCC. The maximum Gasteiger partial charge on any atom is 0.335 e. The molecule has 4 rings (SSSR count). The van der Waals surface area contributed by atoms with E-state index in [2.05, 4.69) is 9.97 Å². The third-order valence-electron chi connectivity index (χ3n) is 5.60. The van der Waals surface area contributed by atoms with Gasteiger partial charge in [0.15, 0.2) is 5.15 Å². The second-order valence-electron chi connectivity index (χ2n) is 8.51. The largest absolute Gasteiger partial charge is 0.335 e. The average Bonchev–Trinajstić information content (AvgIpc) is 3.09. The van der Waals surface area contributed by atoms with Gasteiger partial charge in [0.05, 0.1) is 30.3 Å². The fourth-order valence-corrected chi connectivity index (χ4v) is 6.07. The summed E-state index contributed by atoms with van der Waals surface area (Å²) in [4.78, 5) is 8.97. The van der Waals surface area contributed by atoms with Crippen LogP contribution in [0, 0.1) is 11.6 Å². The lowest BCUT2D eigenvalue weighted by molar-refractivity contribution is 0.219. The molecular weight excluding hydrogens is 495 g/mol. The van der Waals surface area contributed by atoms with E-state index in [0.29, 0.717) is 22.4 Å². The molecule has 0 bridgehead atoms. The molecule has 6 nitrogen and oxygen atoms in total. The Labute approximate surface area is 207 Å². The van der Waals surface area contributed by atoms with Crippen molar-refractivity contribution in [3.05, 3.63) is 70.1 Å². The minimum atomic E-state index is -3.23. The van der Waals surface area contributed by atoms with Gasteiger partial charge in [-0.15, -0.1) is 0 Å². The molecule has 0 radical (unpaired) electrons. The van der Waals surface area contributed by atoms with Gasteiger partial charge in [-0.05, 0) is 31.0 Å². The highest BCUT2D eigenvalue weighted by Crippen LogP contribution is 2.51. The predicted molar refractivity (Wildman–Crippen MR) is 134 cm³/mol. The summed E-state index contributed by atoms with van der Waals surface area (Å²) in [6.07, 6.45) is 0.151. The number of hydrogen-bond donors (Lipinski definition) is 0. The van der Waals surface area contributed by atoms with Crippen LogP contribution in [0.2, 0.25) is 5.15 Å². The van der Waals surface area contributed by atoms with Gasteiger partial charge < -0.3 is 13.6 Å². The van der Waals surface area contributed by atoms with Gasteiger partial charge >= 0.3 is 7.60 Å². The number of rotatable bonds is 9. The molecule has 0 fully saturated rings. The monoisotopic (exact) mass is 521 g/mol. The molecule has 2 aromatic carbocycles. The Morgan fingerprint density at radius 2 is 1.66 bits per heavy atom. The molecule has 0 N–H and O–H groups in total. The summed E-state index contributed by atoms with van der Waals surface area (Å²) in [5.74, 6) is -0.922. The van der Waals surface area contributed by atoms with Gasteiger partial charge in [-0.2, -0.15) is 0 Å². The number of aromatic nitrogens is 3. The molecule has 2 heterocycles. The summed E-state index contributed by atoms with van der Waals surface area (Å²) in [5, 5.41) is 0.388. The third-order valence-corrected chi connectivity index (χ3v) is 7.92. The van der Waals surface area contributed by atoms with E-state index in [-0.39, 0.29) is 42.4 Å². The van der Waals surface area contributed by atoms with Crippen LogP contribution in [0.1, 0.15) is 50.6 Å². The molecule has 186 valence electrons. The quantitative estimate of drug-likeness (QED) is 0.169. The second kappa shape index (κ2) is 10.3. The smallest absolute Gasteiger partial charge is 0.332 e. The lowest BCUT2D eigenvalue weighted by atomic mass is 10.1. The fraction of sp³-hybridized carbons (Fsp3) is 0.360. The lowest BCUT2D eigenvalue weighted by Crippen LogP contribution is -2.03. The Kier molecular flexibility index (Phi) is 7.57. The van der Waals surface area contributed by atoms with Gasteiger partial charge in [-0.25, -0.2) is 18.7 Å². The van der Waals surface area contributed by atoms with E-state index >= 15 is 0 Å². The Morgan fingerprint density at radius 3 is 2.26 bits per heavy atom. The van der Waals surface area contributed by atoms with Crippen molar-refractivity contribution < 1.29 is 22.4 Å². The second-order valence-corrected chi connectivity index (χ2v) is 10.9. The normalized spacial score (nSPS) is 12.3. The molecule has 0 aliphatic heterocycles. The fourth-order valence-electron chi connectivity index (χ4n) is 4.09. The first-order valence-corrected chi connectivity index (χ1v) is 13.6. The molecular formula is C25H27ClF2N3O3P. The van der Waals surface area contributed by atoms with Crippen LogP contribution in [0.25, 0.3) is 21.9 Å². The molecule has 0 aliphatic carbocycles. The topological polar surface area (TPSA) is 66.2 Å². The Bertz CT molecular complexity index is 1410. The van der Waals surface area contributed by atoms with Crippen molar-refractivity contribution in [2.24, 2.45) is 0 Å². The Hall–Kier alpha value is -2.38. The molecule has 4 aromatic rings. The van der Waals surface area contributed by atoms with Gasteiger partial charge in [0.25, 0.3) is 0 Å². The number of benzene rings is 2. The zero-order valence-corrected chi connectivity index (χ0v) is 21.7. The predicted octanol–water partition coefficient (Wildman–Crippen LogP) is 7.45. The van der Waals surface area contributed by atoms with E-state index in [9.17, 15) is 13.3 Å².